The van der Waals surface area contributed by atoms with Crippen LogP contribution in [0.3, 0.4) is 0 Å². The molecular formula is C22H26N4OS. The molecule has 146 valence electrons. The van der Waals surface area contributed by atoms with E-state index < -0.39 is 6.10 Å². The second-order valence-electron chi connectivity index (χ2n) is 7.21. The number of aryl methyl sites for hydroxylation is 2. The number of aliphatic hydroxyl groups is 1. The topological polar surface area (TPSA) is 72.5 Å². The van der Waals surface area contributed by atoms with Gasteiger partial charge in [0.2, 0.25) is 0 Å². The van der Waals surface area contributed by atoms with Gasteiger partial charge in [-0.1, -0.05) is 12.1 Å². The van der Waals surface area contributed by atoms with E-state index in [1.54, 1.807) is 6.21 Å². The van der Waals surface area contributed by atoms with Gasteiger partial charge in [0.1, 0.15) is 11.1 Å². The second-order valence-corrected chi connectivity index (χ2v) is 8.22. The van der Waals surface area contributed by atoms with Gasteiger partial charge in [0, 0.05) is 37.4 Å². The van der Waals surface area contributed by atoms with Gasteiger partial charge in [-0.2, -0.15) is 5.26 Å². The smallest absolute Gasteiger partial charge is 0.114 e. The van der Waals surface area contributed by atoms with E-state index in [0.29, 0.717) is 17.9 Å². The summed E-state index contributed by atoms with van der Waals surface area (Å²) >= 11 is 1.44. The highest BCUT2D eigenvalue weighted by atomic mass is 32.2. The number of aliphatic imine (C=N–C) groups is 1. The van der Waals surface area contributed by atoms with Gasteiger partial charge in [-0.15, -0.1) is 11.8 Å². The monoisotopic (exact) mass is 394 g/mol. The summed E-state index contributed by atoms with van der Waals surface area (Å²) in [6.07, 6.45) is 5.52. The normalized spacial score (nSPS) is 14.5. The van der Waals surface area contributed by atoms with E-state index >= 15 is 0 Å². The van der Waals surface area contributed by atoms with Gasteiger partial charge in [-0.25, -0.2) is 4.98 Å². The lowest BCUT2D eigenvalue weighted by Gasteiger charge is -2.17. The molecule has 0 bridgehead atoms. The summed E-state index contributed by atoms with van der Waals surface area (Å²) in [6.45, 7) is 0.329. The number of rotatable bonds is 7. The van der Waals surface area contributed by atoms with Crippen LogP contribution in [0.2, 0.25) is 0 Å². The van der Waals surface area contributed by atoms with Crippen molar-refractivity contribution < 1.29 is 5.11 Å². The fraction of sp³-hybridized carbons (Fsp3) is 0.409. The van der Waals surface area contributed by atoms with Crippen LogP contribution in [0.25, 0.3) is 0 Å². The molecule has 5 nitrogen and oxygen atoms in total. The molecule has 1 N–H and O–H groups in total. The molecule has 1 heterocycles. The lowest BCUT2D eigenvalue weighted by molar-refractivity contribution is 0.209. The molecule has 0 amide bonds. The van der Waals surface area contributed by atoms with E-state index in [9.17, 15) is 10.4 Å². The minimum absolute atomic E-state index is 0.329. The number of aromatic nitrogens is 1. The van der Waals surface area contributed by atoms with Crippen LogP contribution < -0.4 is 4.90 Å². The van der Waals surface area contributed by atoms with Crippen LogP contribution >= 0.6 is 11.8 Å². The number of hydrogen-bond donors (Lipinski definition) is 1. The van der Waals surface area contributed by atoms with Crippen molar-refractivity contribution in [3.8, 4) is 6.07 Å². The molecule has 1 aliphatic carbocycles. The Balaban J connectivity index is 1.54. The number of benzene rings is 1. The lowest BCUT2D eigenvalue weighted by atomic mass is 9.95. The molecule has 28 heavy (non-hydrogen) atoms. The number of anilines is 1. The molecule has 2 aromatic rings. The number of hydrogen-bond acceptors (Lipinski definition) is 6. The van der Waals surface area contributed by atoms with Crippen LogP contribution in [-0.4, -0.2) is 48.8 Å². The molecule has 0 saturated heterocycles. The molecule has 1 unspecified atom stereocenters. The fourth-order valence-corrected chi connectivity index (χ4v) is 4.06. The maximum atomic E-state index is 10.3. The summed E-state index contributed by atoms with van der Waals surface area (Å²) in [5, 5.41) is 20.4. The maximum Gasteiger partial charge on any atom is 0.114 e. The Kier molecular flexibility index (Phi) is 7.07. The third-order valence-electron chi connectivity index (χ3n) is 4.76. The average molecular weight is 395 g/mol. The minimum Gasteiger partial charge on any atom is -0.390 e. The van der Waals surface area contributed by atoms with Crippen molar-refractivity contribution >= 4 is 23.7 Å². The zero-order valence-corrected chi connectivity index (χ0v) is 17.2. The van der Waals surface area contributed by atoms with Crippen LogP contribution in [0, 0.1) is 11.3 Å². The van der Waals surface area contributed by atoms with E-state index in [0.717, 1.165) is 41.2 Å². The van der Waals surface area contributed by atoms with E-state index in [1.165, 1.54) is 23.7 Å². The van der Waals surface area contributed by atoms with E-state index in [1.807, 2.05) is 49.3 Å². The molecular weight excluding hydrogens is 368 g/mol. The van der Waals surface area contributed by atoms with Gasteiger partial charge in [-0.05, 0) is 55.0 Å². The summed E-state index contributed by atoms with van der Waals surface area (Å²) in [5.41, 5.74) is 5.08. The Bertz CT molecular complexity index is 871. The third-order valence-corrected chi connectivity index (χ3v) is 5.90. The highest BCUT2D eigenvalue weighted by molar-refractivity contribution is 7.99. The summed E-state index contributed by atoms with van der Waals surface area (Å²) < 4.78 is 0. The van der Waals surface area contributed by atoms with Gasteiger partial charge in [0.15, 0.2) is 0 Å². The lowest BCUT2D eigenvalue weighted by Crippen LogP contribution is -2.15. The van der Waals surface area contributed by atoms with E-state index in [4.69, 9.17) is 4.98 Å². The van der Waals surface area contributed by atoms with Crippen molar-refractivity contribution in [3.05, 3.63) is 52.7 Å². The first kappa shape index (κ1) is 20.4. The predicted molar refractivity (Wildman–Crippen MR) is 116 cm³/mol. The first-order valence-electron chi connectivity index (χ1n) is 9.58. The predicted octanol–water partition coefficient (Wildman–Crippen LogP) is 3.47. The number of aliphatic hydroxyl groups excluding tert-OH is 1. The summed E-state index contributed by atoms with van der Waals surface area (Å²) in [6, 6.07) is 12.3. The minimum atomic E-state index is -0.577. The van der Waals surface area contributed by atoms with Gasteiger partial charge in [-0.3, -0.25) is 4.99 Å². The highest BCUT2D eigenvalue weighted by Gasteiger charge is 2.16. The SMILES string of the molecule is CN(C)c1ccc(C=NCC(O)CSc2nc3c(cc2C#N)CCCC3)cc1. The van der Waals surface area contributed by atoms with Crippen LogP contribution in [0.1, 0.15) is 35.2 Å². The Morgan fingerprint density at radius 3 is 2.75 bits per heavy atom. The van der Waals surface area contributed by atoms with Crippen LogP contribution in [-0.2, 0) is 12.8 Å². The zero-order valence-electron chi connectivity index (χ0n) is 16.4. The van der Waals surface area contributed by atoms with Gasteiger partial charge >= 0.3 is 0 Å². The number of nitrogens with zero attached hydrogens (tertiary/aromatic N) is 4. The van der Waals surface area contributed by atoms with Gasteiger partial charge < -0.3 is 10.0 Å². The second kappa shape index (κ2) is 9.72. The van der Waals surface area contributed by atoms with Crippen LogP contribution in [0.15, 0.2) is 40.4 Å². The standard InChI is InChI=1S/C22H26N4OS/c1-26(2)19-9-7-16(8-10-19)13-24-14-20(27)15-28-22-18(12-23)11-17-5-3-4-6-21(17)25-22/h7-11,13,20,27H,3-6,14-15H2,1-2H3. The molecule has 3 rings (SSSR count). The molecule has 0 saturated carbocycles. The van der Waals surface area contributed by atoms with E-state index in [2.05, 4.69) is 11.1 Å². The number of fused-ring (bicyclic) bond motifs is 1. The number of pyridine rings is 1. The van der Waals surface area contributed by atoms with Crippen molar-refractivity contribution in [2.75, 3.05) is 31.3 Å². The first-order chi connectivity index (χ1) is 13.6. The Morgan fingerprint density at radius 1 is 1.29 bits per heavy atom. The first-order valence-corrected chi connectivity index (χ1v) is 10.6. The van der Waals surface area contributed by atoms with Crippen molar-refractivity contribution in [3.63, 3.8) is 0 Å². The Labute approximate surface area is 171 Å². The van der Waals surface area contributed by atoms with Crippen LogP contribution in [0.5, 0.6) is 0 Å². The van der Waals surface area contributed by atoms with Crippen LogP contribution in [0.4, 0.5) is 5.69 Å². The van der Waals surface area contributed by atoms with E-state index in [-0.39, 0.29) is 0 Å². The highest BCUT2D eigenvalue weighted by Crippen LogP contribution is 2.27. The molecule has 1 atom stereocenters. The summed E-state index contributed by atoms with van der Waals surface area (Å²) in [4.78, 5) is 11.1. The number of thioether (sulfide) groups is 1. The molecule has 0 radical (unpaired) electrons. The summed E-state index contributed by atoms with van der Waals surface area (Å²) in [5.74, 6) is 0.470. The van der Waals surface area contributed by atoms with Crippen molar-refractivity contribution in [2.24, 2.45) is 4.99 Å². The summed E-state index contributed by atoms with van der Waals surface area (Å²) in [7, 11) is 4.01. The molecule has 0 spiro atoms. The Hall–Kier alpha value is -2.36. The van der Waals surface area contributed by atoms with Crippen molar-refractivity contribution in [1.82, 2.24) is 4.98 Å². The quantitative estimate of drug-likeness (QED) is 0.575. The molecule has 1 aromatic carbocycles. The van der Waals surface area contributed by atoms with Crippen molar-refractivity contribution in [1.29, 1.82) is 5.26 Å². The molecule has 1 aromatic heterocycles. The zero-order chi connectivity index (χ0) is 19.9. The van der Waals surface area contributed by atoms with Gasteiger partial charge in [0.25, 0.3) is 0 Å². The average Bonchev–Trinajstić information content (AvgIpc) is 2.71. The third kappa shape index (κ3) is 5.34. The fourth-order valence-electron chi connectivity index (χ4n) is 3.17. The molecule has 0 aliphatic heterocycles. The molecule has 6 heteroatoms. The van der Waals surface area contributed by atoms with Crippen molar-refractivity contribution in [2.45, 2.75) is 36.8 Å². The molecule has 0 fully saturated rings. The molecule has 1 aliphatic rings. The maximum absolute atomic E-state index is 10.3. The van der Waals surface area contributed by atoms with Gasteiger partial charge in [0.05, 0.1) is 18.2 Å². The Morgan fingerprint density at radius 2 is 2.04 bits per heavy atom. The largest absolute Gasteiger partial charge is 0.390 e. The number of nitriles is 1.